The van der Waals surface area contributed by atoms with Crippen molar-refractivity contribution >= 4 is 18.4 Å². The summed E-state index contributed by atoms with van der Waals surface area (Å²) in [5, 5.41) is 29.1. The van der Waals surface area contributed by atoms with Crippen LogP contribution in [0.1, 0.15) is 11.4 Å². The summed E-state index contributed by atoms with van der Waals surface area (Å²) >= 11 is 4.98. The number of rotatable bonds is 2. The number of aromatic amines is 1. The van der Waals surface area contributed by atoms with E-state index in [1.807, 2.05) is 0 Å². The van der Waals surface area contributed by atoms with Crippen molar-refractivity contribution in [2.24, 2.45) is 5.10 Å². The molecule has 6 nitrogen and oxygen atoms in total. The van der Waals surface area contributed by atoms with Gasteiger partial charge in [-0.15, -0.1) is 0 Å². The maximum atomic E-state index is 9.31. The van der Waals surface area contributed by atoms with Gasteiger partial charge in [0.05, 0.1) is 6.21 Å². The normalized spacial score (nSPS) is 11.1. The zero-order valence-corrected chi connectivity index (χ0v) is 9.77. The molecule has 1 aromatic carbocycles. The van der Waals surface area contributed by atoms with Crippen LogP contribution in [0.3, 0.4) is 0 Å². The number of benzene rings is 1. The Morgan fingerprint density at radius 1 is 1.41 bits per heavy atom. The van der Waals surface area contributed by atoms with Gasteiger partial charge in [-0.25, -0.2) is 0 Å². The van der Waals surface area contributed by atoms with Gasteiger partial charge in [0.15, 0.2) is 11.5 Å². The summed E-state index contributed by atoms with van der Waals surface area (Å²) < 4.78 is 1.85. The molecule has 7 heteroatoms. The third kappa shape index (κ3) is 2.34. The molecule has 0 aliphatic rings. The van der Waals surface area contributed by atoms with Crippen molar-refractivity contribution in [3.8, 4) is 11.5 Å². The van der Waals surface area contributed by atoms with E-state index in [4.69, 9.17) is 17.3 Å². The molecule has 1 heterocycles. The van der Waals surface area contributed by atoms with Crippen molar-refractivity contribution in [1.29, 1.82) is 0 Å². The van der Waals surface area contributed by atoms with Gasteiger partial charge >= 0.3 is 0 Å². The van der Waals surface area contributed by atoms with Gasteiger partial charge in [-0.3, -0.25) is 5.10 Å². The molecule has 0 amide bonds. The molecule has 0 saturated heterocycles. The third-order valence-electron chi connectivity index (χ3n) is 2.13. The summed E-state index contributed by atoms with van der Waals surface area (Å²) in [7, 11) is 0. The first kappa shape index (κ1) is 11.3. The zero-order valence-electron chi connectivity index (χ0n) is 8.95. The van der Waals surface area contributed by atoms with Gasteiger partial charge in [0.2, 0.25) is 4.77 Å². The lowest BCUT2D eigenvalue weighted by atomic mass is 10.2. The van der Waals surface area contributed by atoms with Gasteiger partial charge in [-0.2, -0.15) is 14.9 Å². The number of phenolic OH excluding ortho intramolecular Hbond substituents is 2. The quantitative estimate of drug-likeness (QED) is 0.428. The van der Waals surface area contributed by atoms with E-state index < -0.39 is 0 Å². The van der Waals surface area contributed by atoms with Crippen molar-refractivity contribution in [1.82, 2.24) is 14.9 Å². The van der Waals surface area contributed by atoms with Gasteiger partial charge in [-0.05, 0) is 42.9 Å². The highest BCUT2D eigenvalue weighted by Gasteiger charge is 2.00. The van der Waals surface area contributed by atoms with E-state index in [0.717, 1.165) is 0 Å². The van der Waals surface area contributed by atoms with Crippen LogP contribution in [0.15, 0.2) is 23.3 Å². The lowest BCUT2D eigenvalue weighted by Crippen LogP contribution is -1.93. The summed E-state index contributed by atoms with van der Waals surface area (Å²) in [6.45, 7) is 1.76. The van der Waals surface area contributed by atoms with Crippen LogP contribution >= 0.6 is 12.2 Å². The highest BCUT2D eigenvalue weighted by atomic mass is 32.1. The third-order valence-corrected chi connectivity index (χ3v) is 2.40. The monoisotopic (exact) mass is 250 g/mol. The molecule has 0 aliphatic carbocycles. The Morgan fingerprint density at radius 3 is 2.76 bits per heavy atom. The van der Waals surface area contributed by atoms with Crippen LogP contribution in [0.25, 0.3) is 0 Å². The van der Waals surface area contributed by atoms with Gasteiger partial charge in [0, 0.05) is 0 Å². The lowest BCUT2D eigenvalue weighted by Gasteiger charge is -1.98. The molecule has 1 aromatic heterocycles. The molecule has 17 heavy (non-hydrogen) atoms. The van der Waals surface area contributed by atoms with Gasteiger partial charge in [-0.1, -0.05) is 0 Å². The number of aromatic nitrogens is 3. The molecule has 0 atom stereocenters. The van der Waals surface area contributed by atoms with Crippen molar-refractivity contribution in [3.63, 3.8) is 0 Å². The van der Waals surface area contributed by atoms with Crippen molar-refractivity contribution in [2.75, 3.05) is 0 Å². The largest absolute Gasteiger partial charge is 0.504 e. The van der Waals surface area contributed by atoms with Gasteiger partial charge in [0.1, 0.15) is 5.82 Å². The minimum absolute atomic E-state index is 0.168. The van der Waals surface area contributed by atoms with E-state index in [1.165, 1.54) is 23.0 Å². The van der Waals surface area contributed by atoms with Gasteiger partial charge in [0.25, 0.3) is 0 Å². The second-order valence-corrected chi connectivity index (χ2v) is 3.77. The van der Waals surface area contributed by atoms with E-state index >= 15 is 0 Å². The van der Waals surface area contributed by atoms with Crippen LogP contribution < -0.4 is 0 Å². The first-order valence-corrected chi connectivity index (χ1v) is 5.19. The summed E-state index contributed by atoms with van der Waals surface area (Å²) in [5.41, 5.74) is 0.641. The minimum atomic E-state index is -0.193. The molecule has 0 bridgehead atoms. The molecule has 0 unspecified atom stereocenters. The predicted octanol–water partition coefficient (Wildman–Crippen LogP) is 1.54. The molecule has 0 fully saturated rings. The van der Waals surface area contributed by atoms with Crippen molar-refractivity contribution in [2.45, 2.75) is 6.92 Å². The molecular weight excluding hydrogens is 240 g/mol. The van der Waals surface area contributed by atoms with E-state index in [2.05, 4.69) is 15.3 Å². The number of nitrogens with one attached hydrogen (secondary N) is 1. The summed E-state index contributed by atoms with van der Waals surface area (Å²) in [4.78, 5) is 0. The highest BCUT2D eigenvalue weighted by molar-refractivity contribution is 7.71. The minimum Gasteiger partial charge on any atom is -0.504 e. The van der Waals surface area contributed by atoms with E-state index in [9.17, 15) is 5.11 Å². The average Bonchev–Trinajstić information content (AvgIpc) is 2.61. The summed E-state index contributed by atoms with van der Waals surface area (Å²) in [6.07, 6.45) is 1.51. The molecule has 0 saturated carbocycles. The number of H-pyrrole nitrogens is 1. The van der Waals surface area contributed by atoms with Crippen molar-refractivity contribution in [3.05, 3.63) is 34.4 Å². The number of hydrogen-bond acceptors (Lipinski definition) is 5. The average molecular weight is 250 g/mol. The molecule has 0 spiro atoms. The van der Waals surface area contributed by atoms with Crippen LogP contribution in [0.2, 0.25) is 0 Å². The highest BCUT2D eigenvalue weighted by Crippen LogP contribution is 2.23. The van der Waals surface area contributed by atoms with Crippen LogP contribution in [-0.4, -0.2) is 31.3 Å². The molecule has 3 N–H and O–H groups in total. The predicted molar refractivity (Wildman–Crippen MR) is 64.9 cm³/mol. The fraction of sp³-hybridized carbons (Fsp3) is 0.100. The Hall–Kier alpha value is -2.15. The molecule has 2 aromatic rings. The number of phenols is 2. The number of nitrogens with zero attached hydrogens (tertiary/aromatic N) is 3. The SMILES string of the molecule is Cc1n[nH]c(=S)n1N=Cc1ccc(O)c(O)c1. The fourth-order valence-corrected chi connectivity index (χ4v) is 1.48. The standard InChI is InChI=1S/C10H10N4O2S/c1-6-12-13-10(17)14(6)11-5-7-2-3-8(15)9(16)4-7/h2-5,15-16H,1H3,(H,13,17). The number of aromatic hydroxyl groups is 2. The lowest BCUT2D eigenvalue weighted by molar-refractivity contribution is 0.403. The van der Waals surface area contributed by atoms with E-state index in [1.54, 1.807) is 13.0 Å². The van der Waals surface area contributed by atoms with E-state index in [0.29, 0.717) is 16.2 Å². The molecule has 0 aliphatic heterocycles. The topological polar surface area (TPSA) is 86.4 Å². The number of aryl methyl sites for hydroxylation is 1. The first-order chi connectivity index (χ1) is 8.08. The fourth-order valence-electron chi connectivity index (χ4n) is 1.25. The number of hydrogen-bond donors (Lipinski definition) is 3. The van der Waals surface area contributed by atoms with E-state index in [-0.39, 0.29) is 11.5 Å². The Morgan fingerprint density at radius 2 is 2.18 bits per heavy atom. The summed E-state index contributed by atoms with van der Waals surface area (Å²) in [5.74, 6) is 0.272. The Kier molecular flexibility index (Phi) is 2.92. The van der Waals surface area contributed by atoms with Crippen LogP contribution in [-0.2, 0) is 0 Å². The molecule has 2 rings (SSSR count). The van der Waals surface area contributed by atoms with Crippen LogP contribution in [0.4, 0.5) is 0 Å². The summed E-state index contributed by atoms with van der Waals surface area (Å²) in [6, 6.07) is 4.41. The molecule has 88 valence electrons. The van der Waals surface area contributed by atoms with Crippen molar-refractivity contribution < 1.29 is 10.2 Å². The smallest absolute Gasteiger partial charge is 0.216 e. The van der Waals surface area contributed by atoms with Crippen LogP contribution in [0, 0.1) is 11.7 Å². The Labute approximate surface area is 102 Å². The Bertz CT molecular complexity index is 629. The molecule has 0 radical (unpaired) electrons. The maximum Gasteiger partial charge on any atom is 0.216 e. The van der Waals surface area contributed by atoms with Crippen LogP contribution in [0.5, 0.6) is 11.5 Å². The first-order valence-electron chi connectivity index (χ1n) is 4.78. The second-order valence-electron chi connectivity index (χ2n) is 3.38. The second kappa shape index (κ2) is 4.38. The van der Waals surface area contributed by atoms with Gasteiger partial charge < -0.3 is 10.2 Å². The maximum absolute atomic E-state index is 9.31. The zero-order chi connectivity index (χ0) is 12.4. The Balaban J connectivity index is 2.32. The molecular formula is C10H10N4O2S.